The van der Waals surface area contributed by atoms with Gasteiger partial charge in [-0.15, -0.1) is 0 Å². The molecule has 0 fully saturated rings. The molecule has 3 rings (SSSR count). The van der Waals surface area contributed by atoms with E-state index in [0.717, 1.165) is 17.4 Å². The van der Waals surface area contributed by atoms with Gasteiger partial charge in [0.1, 0.15) is 6.54 Å². The number of carbonyl (C=O) groups is 1. The largest absolute Gasteiger partial charge is 0.355 e. The van der Waals surface area contributed by atoms with Crippen molar-refractivity contribution in [2.75, 3.05) is 6.54 Å². The van der Waals surface area contributed by atoms with Crippen LogP contribution >= 0.6 is 0 Å². The van der Waals surface area contributed by atoms with Crippen LogP contribution in [0.1, 0.15) is 13.3 Å². The number of rotatable bonds is 5. The summed E-state index contributed by atoms with van der Waals surface area (Å²) in [4.78, 5) is 28.8. The third-order valence-corrected chi connectivity index (χ3v) is 3.81. The SMILES string of the molecule is CCCNC(=O)Cn1c(=O)nc(-c2ccccc2)c2ccccc21. The number of nitrogens with one attached hydrogen (secondary N) is 1. The Morgan fingerprint density at radius 1 is 1.08 bits per heavy atom. The first-order valence-electron chi connectivity index (χ1n) is 8.02. The van der Waals surface area contributed by atoms with E-state index in [-0.39, 0.29) is 12.5 Å². The summed E-state index contributed by atoms with van der Waals surface area (Å²) in [7, 11) is 0. The number of amides is 1. The van der Waals surface area contributed by atoms with E-state index in [2.05, 4.69) is 10.3 Å². The molecule has 122 valence electrons. The van der Waals surface area contributed by atoms with Gasteiger partial charge in [0, 0.05) is 17.5 Å². The van der Waals surface area contributed by atoms with Crippen LogP contribution in [0.4, 0.5) is 0 Å². The molecule has 5 nitrogen and oxygen atoms in total. The fourth-order valence-electron chi connectivity index (χ4n) is 2.66. The molecule has 5 heteroatoms. The molecule has 0 aliphatic heterocycles. The normalized spacial score (nSPS) is 10.7. The van der Waals surface area contributed by atoms with Crippen molar-refractivity contribution in [1.29, 1.82) is 0 Å². The summed E-state index contributed by atoms with van der Waals surface area (Å²) in [5.74, 6) is -0.182. The van der Waals surface area contributed by atoms with Gasteiger partial charge in [-0.2, -0.15) is 4.98 Å². The molecule has 0 spiro atoms. The Labute approximate surface area is 140 Å². The van der Waals surface area contributed by atoms with Crippen molar-refractivity contribution in [2.24, 2.45) is 0 Å². The zero-order valence-electron chi connectivity index (χ0n) is 13.5. The van der Waals surface area contributed by atoms with Crippen molar-refractivity contribution in [3.8, 4) is 11.3 Å². The highest BCUT2D eigenvalue weighted by atomic mass is 16.2. The summed E-state index contributed by atoms with van der Waals surface area (Å²) in [5, 5.41) is 3.65. The molecule has 3 aromatic rings. The first-order chi connectivity index (χ1) is 11.7. The first-order valence-corrected chi connectivity index (χ1v) is 8.02. The second-order valence-electron chi connectivity index (χ2n) is 5.56. The molecule has 1 N–H and O–H groups in total. The zero-order chi connectivity index (χ0) is 16.9. The van der Waals surface area contributed by atoms with Gasteiger partial charge in [0.05, 0.1) is 11.2 Å². The van der Waals surface area contributed by atoms with Crippen LogP contribution in [0, 0.1) is 0 Å². The fraction of sp³-hybridized carbons (Fsp3) is 0.211. The van der Waals surface area contributed by atoms with Gasteiger partial charge in [-0.25, -0.2) is 4.79 Å². The summed E-state index contributed by atoms with van der Waals surface area (Å²) in [6, 6.07) is 17.1. The van der Waals surface area contributed by atoms with E-state index in [1.54, 1.807) is 0 Å². The molecule has 0 saturated heterocycles. The molecular weight excluding hydrogens is 302 g/mol. The maximum absolute atomic E-state index is 12.5. The average molecular weight is 321 g/mol. The minimum Gasteiger partial charge on any atom is -0.355 e. The maximum Gasteiger partial charge on any atom is 0.349 e. The van der Waals surface area contributed by atoms with Crippen LogP contribution < -0.4 is 11.0 Å². The van der Waals surface area contributed by atoms with E-state index in [1.165, 1.54) is 4.57 Å². The number of carbonyl (C=O) groups excluding carboxylic acids is 1. The van der Waals surface area contributed by atoms with Gasteiger partial charge in [-0.1, -0.05) is 55.5 Å². The molecule has 0 aliphatic rings. The quantitative estimate of drug-likeness (QED) is 0.785. The van der Waals surface area contributed by atoms with Gasteiger partial charge in [0.2, 0.25) is 5.91 Å². The fourth-order valence-corrected chi connectivity index (χ4v) is 2.66. The minimum absolute atomic E-state index is 0.0264. The standard InChI is InChI=1S/C19H19N3O2/c1-2-12-20-17(23)13-22-16-11-7-6-10-15(16)18(21-19(22)24)14-8-4-3-5-9-14/h3-11H,2,12-13H2,1H3,(H,20,23). The number of hydrogen-bond donors (Lipinski definition) is 1. The van der Waals surface area contributed by atoms with E-state index in [9.17, 15) is 9.59 Å². The molecule has 0 aliphatic carbocycles. The molecule has 0 saturated carbocycles. The van der Waals surface area contributed by atoms with Gasteiger partial charge in [-0.05, 0) is 12.5 Å². The van der Waals surface area contributed by atoms with Gasteiger partial charge in [-0.3, -0.25) is 9.36 Å². The van der Waals surface area contributed by atoms with Crippen LogP contribution in [0.3, 0.4) is 0 Å². The molecule has 1 amide bonds. The smallest absolute Gasteiger partial charge is 0.349 e. The molecule has 0 unspecified atom stereocenters. The van der Waals surface area contributed by atoms with E-state index in [0.29, 0.717) is 17.8 Å². The topological polar surface area (TPSA) is 64.0 Å². The van der Waals surface area contributed by atoms with Crippen LogP contribution in [-0.4, -0.2) is 22.0 Å². The number of benzene rings is 2. The molecule has 0 atom stereocenters. The van der Waals surface area contributed by atoms with Crippen LogP contribution in [0.2, 0.25) is 0 Å². The van der Waals surface area contributed by atoms with Crippen LogP contribution in [0.25, 0.3) is 22.2 Å². The predicted molar refractivity (Wildman–Crippen MR) is 94.7 cm³/mol. The van der Waals surface area contributed by atoms with E-state index in [1.807, 2.05) is 61.5 Å². The highest BCUT2D eigenvalue weighted by Crippen LogP contribution is 2.24. The lowest BCUT2D eigenvalue weighted by molar-refractivity contribution is -0.121. The van der Waals surface area contributed by atoms with Gasteiger partial charge in [0.15, 0.2) is 0 Å². The molecule has 1 aromatic heterocycles. The minimum atomic E-state index is -0.417. The van der Waals surface area contributed by atoms with Crippen LogP contribution in [-0.2, 0) is 11.3 Å². The summed E-state index contributed by atoms with van der Waals surface area (Å²) in [5.41, 5.74) is 1.82. The molecule has 0 bridgehead atoms. The Bertz CT molecular complexity index is 917. The predicted octanol–water partition coefficient (Wildman–Crippen LogP) is 2.59. The van der Waals surface area contributed by atoms with Crippen molar-refractivity contribution in [3.05, 3.63) is 65.1 Å². The lowest BCUT2D eigenvalue weighted by atomic mass is 10.1. The van der Waals surface area contributed by atoms with Gasteiger partial charge >= 0.3 is 5.69 Å². The van der Waals surface area contributed by atoms with Crippen molar-refractivity contribution < 1.29 is 4.79 Å². The molecular formula is C19H19N3O2. The second-order valence-corrected chi connectivity index (χ2v) is 5.56. The monoisotopic (exact) mass is 321 g/mol. The van der Waals surface area contributed by atoms with E-state index >= 15 is 0 Å². The molecule has 1 heterocycles. The van der Waals surface area contributed by atoms with Crippen molar-refractivity contribution in [2.45, 2.75) is 19.9 Å². The number of para-hydroxylation sites is 1. The number of nitrogens with zero attached hydrogens (tertiary/aromatic N) is 2. The van der Waals surface area contributed by atoms with Gasteiger partial charge in [0.25, 0.3) is 0 Å². The molecule has 0 radical (unpaired) electrons. The number of aromatic nitrogens is 2. The van der Waals surface area contributed by atoms with Crippen molar-refractivity contribution in [1.82, 2.24) is 14.9 Å². The average Bonchev–Trinajstić information content (AvgIpc) is 2.63. The summed E-state index contributed by atoms with van der Waals surface area (Å²) in [6.07, 6.45) is 0.854. The number of hydrogen-bond acceptors (Lipinski definition) is 3. The highest BCUT2D eigenvalue weighted by Gasteiger charge is 2.13. The van der Waals surface area contributed by atoms with Gasteiger partial charge < -0.3 is 5.32 Å². The van der Waals surface area contributed by atoms with E-state index in [4.69, 9.17) is 0 Å². The van der Waals surface area contributed by atoms with Crippen molar-refractivity contribution in [3.63, 3.8) is 0 Å². The Balaban J connectivity index is 2.11. The Kier molecular flexibility index (Phi) is 4.70. The summed E-state index contributed by atoms with van der Waals surface area (Å²) in [6.45, 7) is 2.56. The van der Waals surface area contributed by atoms with E-state index < -0.39 is 5.69 Å². The Hall–Kier alpha value is -2.95. The summed E-state index contributed by atoms with van der Waals surface area (Å²) < 4.78 is 1.42. The lowest BCUT2D eigenvalue weighted by Crippen LogP contribution is -2.34. The maximum atomic E-state index is 12.5. The first kappa shape index (κ1) is 15.9. The van der Waals surface area contributed by atoms with Crippen LogP contribution in [0.5, 0.6) is 0 Å². The third kappa shape index (κ3) is 3.20. The highest BCUT2D eigenvalue weighted by molar-refractivity contribution is 5.93. The Morgan fingerprint density at radius 3 is 2.54 bits per heavy atom. The van der Waals surface area contributed by atoms with Crippen LogP contribution in [0.15, 0.2) is 59.4 Å². The molecule has 24 heavy (non-hydrogen) atoms. The zero-order valence-corrected chi connectivity index (χ0v) is 13.5. The Morgan fingerprint density at radius 2 is 1.79 bits per heavy atom. The molecule has 2 aromatic carbocycles. The van der Waals surface area contributed by atoms with Crippen molar-refractivity contribution >= 4 is 16.8 Å². The number of fused-ring (bicyclic) bond motifs is 1. The lowest BCUT2D eigenvalue weighted by Gasteiger charge is -2.12. The third-order valence-electron chi connectivity index (χ3n) is 3.81. The summed E-state index contributed by atoms with van der Waals surface area (Å²) >= 11 is 0. The second kappa shape index (κ2) is 7.08.